The van der Waals surface area contributed by atoms with Crippen LogP contribution < -0.4 is 0 Å². The summed E-state index contributed by atoms with van der Waals surface area (Å²) in [5, 5.41) is 9.09. The lowest BCUT2D eigenvalue weighted by Gasteiger charge is -2.19. The topological polar surface area (TPSA) is 57.6 Å². The summed E-state index contributed by atoms with van der Waals surface area (Å²) in [7, 11) is 0. The first-order chi connectivity index (χ1) is 12.0. The lowest BCUT2D eigenvalue weighted by atomic mass is 10.1. The molecule has 0 aromatic rings. The molecule has 0 spiro atoms. The van der Waals surface area contributed by atoms with Crippen LogP contribution in [0.1, 0.15) is 70.6 Å². The SMILES string of the molecule is O=C(O)[C@H]1CCCN1C(=O)/C=C/CCCCCCCCCC=C(Br)Br. The quantitative estimate of drug-likeness (QED) is 0.286. The Balaban J connectivity index is 2.00. The van der Waals surface area contributed by atoms with Crippen molar-refractivity contribution in [3.05, 3.63) is 21.6 Å². The van der Waals surface area contributed by atoms with E-state index in [0.717, 1.165) is 29.1 Å². The Labute approximate surface area is 168 Å². The van der Waals surface area contributed by atoms with E-state index in [2.05, 4.69) is 37.9 Å². The number of rotatable bonds is 12. The lowest BCUT2D eigenvalue weighted by Crippen LogP contribution is -2.39. The summed E-state index contributed by atoms with van der Waals surface area (Å²) >= 11 is 6.72. The van der Waals surface area contributed by atoms with Crippen molar-refractivity contribution < 1.29 is 14.7 Å². The first-order valence-electron chi connectivity index (χ1n) is 9.23. The van der Waals surface area contributed by atoms with Crippen molar-refractivity contribution in [2.24, 2.45) is 0 Å². The number of unbranched alkanes of at least 4 members (excludes halogenated alkanes) is 8. The van der Waals surface area contributed by atoms with Crippen LogP contribution in [0.25, 0.3) is 0 Å². The highest BCUT2D eigenvalue weighted by atomic mass is 79.9. The number of carboxylic acid groups (broad SMARTS) is 1. The molecule has 1 saturated heterocycles. The third-order valence-corrected chi connectivity index (χ3v) is 5.10. The van der Waals surface area contributed by atoms with Gasteiger partial charge in [-0.2, -0.15) is 0 Å². The van der Waals surface area contributed by atoms with E-state index >= 15 is 0 Å². The van der Waals surface area contributed by atoms with E-state index in [4.69, 9.17) is 5.11 Å². The van der Waals surface area contributed by atoms with Gasteiger partial charge in [0.15, 0.2) is 0 Å². The Kier molecular flexibility index (Phi) is 12.2. The zero-order valence-electron chi connectivity index (χ0n) is 14.8. The molecule has 1 heterocycles. The molecule has 1 amide bonds. The summed E-state index contributed by atoms with van der Waals surface area (Å²) < 4.78 is 1.04. The van der Waals surface area contributed by atoms with E-state index in [9.17, 15) is 9.59 Å². The van der Waals surface area contributed by atoms with Gasteiger partial charge in [-0.05, 0) is 76.5 Å². The molecule has 6 heteroatoms. The van der Waals surface area contributed by atoms with Gasteiger partial charge >= 0.3 is 5.97 Å². The first-order valence-corrected chi connectivity index (χ1v) is 10.8. The summed E-state index contributed by atoms with van der Waals surface area (Å²) in [4.78, 5) is 24.6. The van der Waals surface area contributed by atoms with Gasteiger partial charge in [0.05, 0.1) is 3.39 Å². The van der Waals surface area contributed by atoms with Crippen molar-refractivity contribution in [1.82, 2.24) is 4.90 Å². The molecule has 0 aliphatic carbocycles. The number of likely N-dealkylation sites (tertiary alicyclic amines) is 1. The Morgan fingerprint density at radius 3 is 2.20 bits per heavy atom. The fourth-order valence-electron chi connectivity index (χ4n) is 3.07. The van der Waals surface area contributed by atoms with Gasteiger partial charge in [0.25, 0.3) is 0 Å². The number of allylic oxidation sites excluding steroid dienone is 2. The van der Waals surface area contributed by atoms with Gasteiger partial charge < -0.3 is 10.0 Å². The highest BCUT2D eigenvalue weighted by Crippen LogP contribution is 2.18. The van der Waals surface area contributed by atoms with Crippen molar-refractivity contribution in [2.45, 2.75) is 76.7 Å². The molecule has 142 valence electrons. The van der Waals surface area contributed by atoms with Crippen molar-refractivity contribution in [3.8, 4) is 0 Å². The maximum absolute atomic E-state index is 12.0. The van der Waals surface area contributed by atoms with E-state index in [1.54, 1.807) is 6.08 Å². The Morgan fingerprint density at radius 1 is 1.00 bits per heavy atom. The van der Waals surface area contributed by atoms with E-state index in [1.165, 1.54) is 43.4 Å². The van der Waals surface area contributed by atoms with Crippen LogP contribution in [0.4, 0.5) is 0 Å². The summed E-state index contributed by atoms with van der Waals surface area (Å²) in [5.41, 5.74) is 0. The predicted octanol–water partition coefficient (Wildman–Crippen LogP) is 5.76. The third kappa shape index (κ3) is 10.2. The first kappa shape index (κ1) is 22.4. The minimum Gasteiger partial charge on any atom is -0.480 e. The van der Waals surface area contributed by atoms with Gasteiger partial charge in [0.2, 0.25) is 5.91 Å². The summed E-state index contributed by atoms with van der Waals surface area (Å²) in [6, 6.07) is -0.636. The molecule has 1 aliphatic rings. The van der Waals surface area contributed by atoms with Gasteiger partial charge in [-0.15, -0.1) is 0 Å². The van der Waals surface area contributed by atoms with Crippen molar-refractivity contribution in [3.63, 3.8) is 0 Å². The van der Waals surface area contributed by atoms with Crippen molar-refractivity contribution >= 4 is 43.7 Å². The average Bonchev–Trinajstić information content (AvgIpc) is 3.05. The highest BCUT2D eigenvalue weighted by Gasteiger charge is 2.32. The smallest absolute Gasteiger partial charge is 0.326 e. The van der Waals surface area contributed by atoms with E-state index in [1.807, 2.05) is 6.08 Å². The monoisotopic (exact) mass is 477 g/mol. The van der Waals surface area contributed by atoms with Crippen LogP contribution in [0.5, 0.6) is 0 Å². The maximum atomic E-state index is 12.0. The van der Waals surface area contributed by atoms with Crippen molar-refractivity contribution in [1.29, 1.82) is 0 Å². The molecule has 1 fully saturated rings. The number of hydrogen-bond acceptors (Lipinski definition) is 2. The van der Waals surface area contributed by atoms with E-state index in [-0.39, 0.29) is 5.91 Å². The number of carbonyl (C=O) groups excluding carboxylic acids is 1. The Bertz CT molecular complexity index is 473. The molecule has 1 aliphatic heterocycles. The van der Waals surface area contributed by atoms with Crippen LogP contribution >= 0.6 is 31.9 Å². The molecule has 0 aromatic heterocycles. The standard InChI is InChI=1S/C19H29Br2NO3/c20-17(21)13-9-7-5-3-1-2-4-6-8-10-14-18(23)22-15-11-12-16(22)19(24)25/h10,13-14,16H,1-9,11-12,15H2,(H,24,25)/b14-10+/t16-/m1/s1. The van der Waals surface area contributed by atoms with Crippen LogP contribution in [0.15, 0.2) is 21.6 Å². The van der Waals surface area contributed by atoms with Crippen LogP contribution in [0.2, 0.25) is 0 Å². The Hall–Kier alpha value is -0.620. The molecule has 0 radical (unpaired) electrons. The molecule has 0 saturated carbocycles. The summed E-state index contributed by atoms with van der Waals surface area (Å²) in [5.74, 6) is -1.05. The number of nitrogens with zero attached hydrogens (tertiary/aromatic N) is 1. The minimum atomic E-state index is -0.893. The summed E-state index contributed by atoms with van der Waals surface area (Å²) in [6.07, 6.45) is 17.5. The Morgan fingerprint density at radius 2 is 1.60 bits per heavy atom. The summed E-state index contributed by atoms with van der Waals surface area (Å²) in [6.45, 7) is 0.558. The fraction of sp³-hybridized carbons (Fsp3) is 0.684. The van der Waals surface area contributed by atoms with Crippen LogP contribution in [0, 0.1) is 0 Å². The number of aliphatic carboxylic acids is 1. The molecule has 0 aromatic carbocycles. The lowest BCUT2D eigenvalue weighted by molar-refractivity contribution is -0.146. The average molecular weight is 479 g/mol. The highest BCUT2D eigenvalue weighted by molar-refractivity contribution is 9.28. The molecule has 1 N–H and O–H groups in total. The van der Waals surface area contributed by atoms with Gasteiger partial charge in [-0.3, -0.25) is 4.79 Å². The van der Waals surface area contributed by atoms with Gasteiger partial charge in [-0.25, -0.2) is 4.79 Å². The fourth-order valence-corrected chi connectivity index (χ4v) is 3.53. The molecule has 0 unspecified atom stereocenters. The van der Waals surface area contributed by atoms with E-state index in [0.29, 0.717) is 13.0 Å². The molecule has 1 rings (SSSR count). The normalized spacial score (nSPS) is 17.2. The van der Waals surface area contributed by atoms with Crippen LogP contribution in [0.3, 0.4) is 0 Å². The van der Waals surface area contributed by atoms with Crippen LogP contribution in [-0.4, -0.2) is 34.5 Å². The minimum absolute atomic E-state index is 0.158. The van der Waals surface area contributed by atoms with Gasteiger partial charge in [0, 0.05) is 6.54 Å². The van der Waals surface area contributed by atoms with Gasteiger partial charge in [0.1, 0.15) is 6.04 Å². The zero-order valence-corrected chi connectivity index (χ0v) is 17.9. The predicted molar refractivity (Wildman–Crippen MR) is 109 cm³/mol. The number of amides is 1. The third-order valence-electron chi connectivity index (χ3n) is 4.45. The zero-order chi connectivity index (χ0) is 18.5. The van der Waals surface area contributed by atoms with E-state index < -0.39 is 12.0 Å². The second kappa shape index (κ2) is 13.6. The molecule has 4 nitrogen and oxygen atoms in total. The maximum Gasteiger partial charge on any atom is 0.326 e. The number of carboxylic acids is 1. The molecular formula is C19H29Br2NO3. The van der Waals surface area contributed by atoms with Gasteiger partial charge in [-0.1, -0.05) is 44.3 Å². The molecule has 0 bridgehead atoms. The second-order valence-corrected chi connectivity index (χ2v) is 9.25. The number of halogens is 2. The molecule has 25 heavy (non-hydrogen) atoms. The number of hydrogen-bond donors (Lipinski definition) is 1. The molecule has 1 atom stereocenters. The van der Waals surface area contributed by atoms with Crippen LogP contribution in [-0.2, 0) is 9.59 Å². The molecular weight excluding hydrogens is 450 g/mol. The van der Waals surface area contributed by atoms with Crippen molar-refractivity contribution in [2.75, 3.05) is 6.54 Å². The largest absolute Gasteiger partial charge is 0.480 e. The second-order valence-electron chi connectivity index (χ2n) is 6.48. The number of carbonyl (C=O) groups is 2.